The summed E-state index contributed by atoms with van der Waals surface area (Å²) in [6.07, 6.45) is 0.00664. The third-order valence-corrected chi connectivity index (χ3v) is 4.18. The maximum absolute atomic E-state index is 13.4. The van der Waals surface area contributed by atoms with Crippen molar-refractivity contribution >= 4 is 23.5 Å². The molecule has 2 atom stereocenters. The molecule has 1 heterocycles. The van der Waals surface area contributed by atoms with Gasteiger partial charge in [0, 0.05) is 18.7 Å². The fraction of sp³-hybridized carbons (Fsp3) is 0.471. The predicted molar refractivity (Wildman–Crippen MR) is 86.0 cm³/mol. The van der Waals surface area contributed by atoms with Gasteiger partial charge in [0.05, 0.1) is 5.92 Å². The second-order valence-electron chi connectivity index (χ2n) is 6.41. The Morgan fingerprint density at radius 1 is 1.38 bits per heavy atom. The van der Waals surface area contributed by atoms with E-state index in [1.165, 1.54) is 17.0 Å². The summed E-state index contributed by atoms with van der Waals surface area (Å²) in [5, 5.41) is 11.6. The Morgan fingerprint density at radius 3 is 2.58 bits per heavy atom. The summed E-state index contributed by atoms with van der Waals surface area (Å²) in [6.45, 7) is 5.16. The number of amides is 2. The Kier molecular flexibility index (Phi) is 5.21. The number of aryl methyl sites for hydroxylation is 1. The minimum atomic E-state index is -1.10. The van der Waals surface area contributed by atoms with Crippen molar-refractivity contribution in [1.29, 1.82) is 0 Å². The zero-order valence-corrected chi connectivity index (χ0v) is 13.9. The number of hydrogen-bond donors (Lipinski definition) is 2. The number of carboxylic acids is 1. The third-order valence-electron chi connectivity index (χ3n) is 4.18. The highest BCUT2D eigenvalue weighted by Crippen LogP contribution is 2.27. The van der Waals surface area contributed by atoms with Gasteiger partial charge >= 0.3 is 5.97 Å². The molecule has 1 saturated heterocycles. The van der Waals surface area contributed by atoms with E-state index in [-0.39, 0.29) is 30.6 Å². The van der Waals surface area contributed by atoms with Crippen LogP contribution in [0.5, 0.6) is 0 Å². The number of carboxylic acid groups (broad SMARTS) is 1. The first-order chi connectivity index (χ1) is 11.2. The number of nitrogens with zero attached hydrogens (tertiary/aromatic N) is 1. The van der Waals surface area contributed by atoms with E-state index in [0.717, 1.165) is 0 Å². The van der Waals surface area contributed by atoms with Crippen molar-refractivity contribution in [2.24, 2.45) is 11.8 Å². The Hall–Kier alpha value is -2.44. The summed E-state index contributed by atoms with van der Waals surface area (Å²) in [5.74, 6) is -3.04. The molecule has 1 fully saturated rings. The lowest BCUT2D eigenvalue weighted by Crippen LogP contribution is -2.47. The van der Waals surface area contributed by atoms with Crippen LogP contribution in [0.4, 0.5) is 10.1 Å². The van der Waals surface area contributed by atoms with Crippen LogP contribution < -0.4 is 10.2 Å². The van der Waals surface area contributed by atoms with Crippen LogP contribution in [-0.4, -0.2) is 35.5 Å². The molecule has 0 spiro atoms. The summed E-state index contributed by atoms with van der Waals surface area (Å²) in [7, 11) is 0. The highest BCUT2D eigenvalue weighted by molar-refractivity contribution is 6.00. The van der Waals surface area contributed by atoms with Gasteiger partial charge in [0.15, 0.2) is 0 Å². The maximum atomic E-state index is 13.4. The van der Waals surface area contributed by atoms with Crippen LogP contribution in [0.15, 0.2) is 18.2 Å². The second kappa shape index (κ2) is 6.98. The van der Waals surface area contributed by atoms with Gasteiger partial charge in [-0.3, -0.25) is 9.59 Å². The minimum Gasteiger partial charge on any atom is -0.480 e. The molecule has 0 aromatic heterocycles. The Labute approximate surface area is 139 Å². The van der Waals surface area contributed by atoms with Gasteiger partial charge in [0.2, 0.25) is 11.8 Å². The molecule has 6 nitrogen and oxygen atoms in total. The molecule has 130 valence electrons. The molecule has 0 saturated carbocycles. The van der Waals surface area contributed by atoms with E-state index in [1.807, 2.05) is 0 Å². The molecule has 1 aromatic carbocycles. The first-order valence-corrected chi connectivity index (χ1v) is 7.80. The number of rotatable bonds is 5. The van der Waals surface area contributed by atoms with E-state index >= 15 is 0 Å². The number of benzene rings is 1. The molecule has 1 unspecified atom stereocenters. The van der Waals surface area contributed by atoms with Crippen molar-refractivity contribution in [3.8, 4) is 0 Å². The number of aliphatic carboxylic acids is 1. The molecule has 0 radical (unpaired) electrons. The molecule has 1 aromatic rings. The number of halogens is 1. The van der Waals surface area contributed by atoms with Crippen molar-refractivity contribution in [2.45, 2.75) is 33.2 Å². The quantitative estimate of drug-likeness (QED) is 0.857. The van der Waals surface area contributed by atoms with Crippen LogP contribution >= 0.6 is 0 Å². The number of hydrogen-bond acceptors (Lipinski definition) is 3. The van der Waals surface area contributed by atoms with Gasteiger partial charge in [-0.1, -0.05) is 13.8 Å². The van der Waals surface area contributed by atoms with Gasteiger partial charge in [-0.15, -0.1) is 0 Å². The van der Waals surface area contributed by atoms with E-state index in [2.05, 4.69) is 5.32 Å². The molecule has 2 N–H and O–H groups in total. The zero-order valence-electron chi connectivity index (χ0n) is 13.9. The molecule has 2 amide bonds. The van der Waals surface area contributed by atoms with E-state index < -0.39 is 23.8 Å². The molecule has 1 aliphatic rings. The van der Waals surface area contributed by atoms with Crippen LogP contribution in [0.3, 0.4) is 0 Å². The SMILES string of the molecule is Cc1cc(N2CC(C(=O)N[C@H](C(=O)O)C(C)C)CC2=O)ccc1F. The van der Waals surface area contributed by atoms with E-state index in [1.54, 1.807) is 26.8 Å². The Balaban J connectivity index is 2.09. The summed E-state index contributed by atoms with van der Waals surface area (Å²) < 4.78 is 13.4. The lowest BCUT2D eigenvalue weighted by Gasteiger charge is -2.21. The standard InChI is InChI=1S/C17H21FN2O4/c1-9(2)15(17(23)24)19-16(22)11-7-14(21)20(8-11)12-4-5-13(18)10(3)6-12/h4-6,9,11,15H,7-8H2,1-3H3,(H,19,22)(H,23,24)/t11?,15-/m0/s1. The lowest BCUT2D eigenvalue weighted by atomic mass is 10.0. The molecule has 24 heavy (non-hydrogen) atoms. The summed E-state index contributed by atoms with van der Waals surface area (Å²) >= 11 is 0. The first-order valence-electron chi connectivity index (χ1n) is 7.80. The number of anilines is 1. The van der Waals surface area contributed by atoms with Crippen LogP contribution in [-0.2, 0) is 14.4 Å². The van der Waals surface area contributed by atoms with Crippen LogP contribution in [0.25, 0.3) is 0 Å². The van der Waals surface area contributed by atoms with E-state index in [4.69, 9.17) is 5.11 Å². The maximum Gasteiger partial charge on any atom is 0.326 e. The predicted octanol–water partition coefficient (Wildman–Crippen LogP) is 1.71. The van der Waals surface area contributed by atoms with Gasteiger partial charge in [-0.2, -0.15) is 0 Å². The van der Waals surface area contributed by atoms with Gasteiger partial charge in [-0.25, -0.2) is 9.18 Å². The van der Waals surface area contributed by atoms with E-state index in [0.29, 0.717) is 11.3 Å². The number of carbonyl (C=O) groups is 3. The third kappa shape index (κ3) is 3.72. The van der Waals surface area contributed by atoms with Crippen molar-refractivity contribution in [1.82, 2.24) is 5.32 Å². The average molecular weight is 336 g/mol. The minimum absolute atomic E-state index is 0.00664. The highest BCUT2D eigenvalue weighted by Gasteiger charge is 2.37. The summed E-state index contributed by atoms with van der Waals surface area (Å²) in [5.41, 5.74) is 0.951. The van der Waals surface area contributed by atoms with Crippen molar-refractivity contribution in [3.05, 3.63) is 29.6 Å². The molecule has 0 aliphatic carbocycles. The topological polar surface area (TPSA) is 86.7 Å². The van der Waals surface area contributed by atoms with Crippen molar-refractivity contribution in [2.75, 3.05) is 11.4 Å². The van der Waals surface area contributed by atoms with Gasteiger partial charge in [-0.05, 0) is 36.6 Å². The molecular formula is C17H21FN2O4. The Morgan fingerprint density at radius 2 is 2.04 bits per heavy atom. The number of nitrogens with one attached hydrogen (secondary N) is 1. The summed E-state index contributed by atoms with van der Waals surface area (Å²) in [6, 6.07) is 3.34. The monoisotopic (exact) mass is 336 g/mol. The van der Waals surface area contributed by atoms with Crippen LogP contribution in [0.1, 0.15) is 25.8 Å². The van der Waals surface area contributed by atoms with Crippen LogP contribution in [0, 0.1) is 24.6 Å². The zero-order chi connectivity index (χ0) is 18.0. The van der Waals surface area contributed by atoms with Crippen molar-refractivity contribution in [3.63, 3.8) is 0 Å². The number of carbonyl (C=O) groups excluding carboxylic acids is 2. The normalized spacial score (nSPS) is 18.8. The molecular weight excluding hydrogens is 315 g/mol. The molecule has 1 aliphatic heterocycles. The fourth-order valence-electron chi connectivity index (χ4n) is 2.71. The van der Waals surface area contributed by atoms with Gasteiger partial charge < -0.3 is 15.3 Å². The van der Waals surface area contributed by atoms with Gasteiger partial charge in [0.1, 0.15) is 11.9 Å². The van der Waals surface area contributed by atoms with E-state index in [9.17, 15) is 18.8 Å². The van der Waals surface area contributed by atoms with Crippen molar-refractivity contribution < 1.29 is 23.9 Å². The first kappa shape index (κ1) is 17.9. The molecule has 0 bridgehead atoms. The summed E-state index contributed by atoms with van der Waals surface area (Å²) in [4.78, 5) is 37.1. The van der Waals surface area contributed by atoms with Crippen LogP contribution in [0.2, 0.25) is 0 Å². The fourth-order valence-corrected chi connectivity index (χ4v) is 2.71. The van der Waals surface area contributed by atoms with Gasteiger partial charge in [0.25, 0.3) is 0 Å². The molecule has 2 rings (SSSR count). The lowest BCUT2D eigenvalue weighted by molar-refractivity contribution is -0.143. The largest absolute Gasteiger partial charge is 0.480 e. The highest BCUT2D eigenvalue weighted by atomic mass is 19.1. The molecule has 7 heteroatoms. The average Bonchev–Trinajstić information content (AvgIpc) is 2.88. The second-order valence-corrected chi connectivity index (χ2v) is 6.41. The smallest absolute Gasteiger partial charge is 0.326 e. The Bertz CT molecular complexity index is 675.